The molecule has 0 bridgehead atoms. The summed E-state index contributed by atoms with van der Waals surface area (Å²) in [5.41, 5.74) is 3.64. The van der Waals surface area contributed by atoms with Crippen LogP contribution in [-0.2, 0) is 6.54 Å². The summed E-state index contributed by atoms with van der Waals surface area (Å²) >= 11 is 5.66. The van der Waals surface area contributed by atoms with Crippen molar-refractivity contribution in [1.82, 2.24) is 5.32 Å². The first-order chi connectivity index (χ1) is 9.24. The molecule has 1 fully saturated rings. The molecule has 0 aliphatic heterocycles. The molecule has 0 radical (unpaired) electrons. The maximum atomic E-state index is 5.85. The van der Waals surface area contributed by atoms with Crippen molar-refractivity contribution >= 4 is 11.6 Å². The van der Waals surface area contributed by atoms with Crippen molar-refractivity contribution in [3.05, 3.63) is 34.9 Å². The third-order valence-corrected chi connectivity index (χ3v) is 3.44. The summed E-state index contributed by atoms with van der Waals surface area (Å²) in [6, 6.07) is 6.63. The Morgan fingerprint density at radius 3 is 2.89 bits per heavy atom. The van der Waals surface area contributed by atoms with Crippen LogP contribution in [0.15, 0.2) is 29.3 Å². The smallest absolute Gasteiger partial charge is 0.166 e. The van der Waals surface area contributed by atoms with E-state index in [1.165, 1.54) is 18.4 Å². The van der Waals surface area contributed by atoms with Crippen molar-refractivity contribution < 1.29 is 9.47 Å². The quantitative estimate of drug-likeness (QED) is 0.830. The fourth-order valence-corrected chi connectivity index (χ4v) is 1.85. The summed E-state index contributed by atoms with van der Waals surface area (Å²) in [6.07, 6.45) is 2.54. The Labute approximate surface area is 119 Å². The van der Waals surface area contributed by atoms with Crippen LogP contribution < -0.4 is 14.8 Å². The predicted octanol–water partition coefficient (Wildman–Crippen LogP) is 3.47. The minimum absolute atomic E-state index is 0.473. The molecule has 1 aromatic carbocycles. The lowest BCUT2D eigenvalue weighted by atomic mass is 10.2. The Kier molecular flexibility index (Phi) is 5.11. The minimum Gasteiger partial charge on any atom is -0.493 e. The Bertz CT molecular complexity index is 455. The molecule has 0 aromatic heterocycles. The number of rotatable bonds is 7. The highest BCUT2D eigenvalue weighted by atomic mass is 35.5. The van der Waals surface area contributed by atoms with Gasteiger partial charge >= 0.3 is 0 Å². The van der Waals surface area contributed by atoms with Gasteiger partial charge in [-0.3, -0.25) is 0 Å². The Morgan fingerprint density at radius 2 is 2.26 bits per heavy atom. The van der Waals surface area contributed by atoms with Gasteiger partial charge in [0, 0.05) is 23.7 Å². The van der Waals surface area contributed by atoms with E-state index in [0.29, 0.717) is 12.6 Å². The summed E-state index contributed by atoms with van der Waals surface area (Å²) in [5, 5.41) is 3.49. The third kappa shape index (κ3) is 4.15. The van der Waals surface area contributed by atoms with Gasteiger partial charge < -0.3 is 14.8 Å². The van der Waals surface area contributed by atoms with Gasteiger partial charge in [-0.1, -0.05) is 23.7 Å². The van der Waals surface area contributed by atoms with Crippen molar-refractivity contribution in [3.8, 4) is 11.5 Å². The molecular weight excluding hydrogens is 262 g/mol. The molecule has 2 rings (SSSR count). The molecule has 0 unspecified atom stereocenters. The van der Waals surface area contributed by atoms with E-state index >= 15 is 0 Å². The molecule has 1 aliphatic carbocycles. The molecule has 4 heteroatoms. The second-order valence-electron chi connectivity index (χ2n) is 4.85. The van der Waals surface area contributed by atoms with Crippen LogP contribution in [0.4, 0.5) is 0 Å². The number of halogens is 1. The summed E-state index contributed by atoms with van der Waals surface area (Å²) in [7, 11) is 1.66. The van der Waals surface area contributed by atoms with Crippen molar-refractivity contribution in [2.75, 3.05) is 13.7 Å². The molecule has 0 heterocycles. The van der Waals surface area contributed by atoms with Crippen LogP contribution in [0.5, 0.6) is 11.5 Å². The molecule has 0 amide bonds. The number of benzene rings is 1. The number of para-hydroxylation sites is 1. The normalized spacial score (nSPS) is 15.4. The van der Waals surface area contributed by atoms with Gasteiger partial charge in [-0.15, -0.1) is 0 Å². The maximum absolute atomic E-state index is 5.85. The highest BCUT2D eigenvalue weighted by Gasteiger charge is 2.21. The maximum Gasteiger partial charge on any atom is 0.166 e. The fourth-order valence-electron chi connectivity index (χ4n) is 1.78. The van der Waals surface area contributed by atoms with Gasteiger partial charge in [-0.05, 0) is 31.4 Å². The van der Waals surface area contributed by atoms with E-state index in [1.807, 2.05) is 19.1 Å². The van der Waals surface area contributed by atoms with Gasteiger partial charge in [0.15, 0.2) is 11.5 Å². The first-order valence-corrected chi connectivity index (χ1v) is 6.96. The van der Waals surface area contributed by atoms with Crippen LogP contribution in [-0.4, -0.2) is 19.8 Å². The van der Waals surface area contributed by atoms with E-state index in [4.69, 9.17) is 21.1 Å². The highest BCUT2D eigenvalue weighted by molar-refractivity contribution is 6.25. The third-order valence-electron chi connectivity index (χ3n) is 3.07. The zero-order valence-electron chi connectivity index (χ0n) is 11.4. The predicted molar refractivity (Wildman–Crippen MR) is 78.0 cm³/mol. The van der Waals surface area contributed by atoms with Crippen molar-refractivity contribution in [2.45, 2.75) is 32.4 Å². The standard InChI is InChI=1S/C15H20ClNO2/c1-11(8-16)10-19-15-12(9-17-13-6-7-13)4-3-5-14(15)18-2/h3-5,8,13,17H,6-7,9-10H2,1-2H3/b11-8+. The topological polar surface area (TPSA) is 30.5 Å². The Hall–Kier alpha value is -1.19. The monoisotopic (exact) mass is 281 g/mol. The summed E-state index contributed by atoms with van der Waals surface area (Å²) in [6.45, 7) is 3.21. The first kappa shape index (κ1) is 14.2. The molecule has 1 N–H and O–H groups in total. The van der Waals surface area contributed by atoms with Crippen LogP contribution in [0.1, 0.15) is 25.3 Å². The lowest BCUT2D eigenvalue weighted by Gasteiger charge is -2.15. The number of hydrogen-bond donors (Lipinski definition) is 1. The van der Waals surface area contributed by atoms with Crippen LogP contribution in [0, 0.1) is 0 Å². The molecule has 3 nitrogen and oxygen atoms in total. The van der Waals surface area contributed by atoms with Gasteiger partial charge in [0.1, 0.15) is 6.61 Å². The molecule has 104 valence electrons. The second kappa shape index (κ2) is 6.83. The van der Waals surface area contributed by atoms with Crippen molar-refractivity contribution in [3.63, 3.8) is 0 Å². The fraction of sp³-hybridized carbons (Fsp3) is 0.467. The van der Waals surface area contributed by atoms with Gasteiger partial charge in [0.25, 0.3) is 0 Å². The Balaban J connectivity index is 2.10. The lowest BCUT2D eigenvalue weighted by molar-refractivity contribution is 0.315. The van der Waals surface area contributed by atoms with Gasteiger partial charge in [0.05, 0.1) is 7.11 Å². The molecule has 1 saturated carbocycles. The van der Waals surface area contributed by atoms with Crippen LogP contribution in [0.2, 0.25) is 0 Å². The van der Waals surface area contributed by atoms with Crippen molar-refractivity contribution in [2.24, 2.45) is 0 Å². The molecule has 0 saturated heterocycles. The molecule has 1 aromatic rings. The van der Waals surface area contributed by atoms with Gasteiger partial charge in [0.2, 0.25) is 0 Å². The number of ether oxygens (including phenoxy) is 2. The molecule has 19 heavy (non-hydrogen) atoms. The zero-order valence-corrected chi connectivity index (χ0v) is 12.2. The summed E-state index contributed by atoms with van der Waals surface area (Å²) in [5.74, 6) is 1.56. The molecular formula is C15H20ClNO2. The molecule has 0 atom stereocenters. The van der Waals surface area contributed by atoms with Crippen molar-refractivity contribution in [1.29, 1.82) is 0 Å². The van der Waals surface area contributed by atoms with E-state index in [-0.39, 0.29) is 0 Å². The minimum atomic E-state index is 0.473. The largest absolute Gasteiger partial charge is 0.493 e. The van der Waals surface area contributed by atoms with Crippen LogP contribution in [0.3, 0.4) is 0 Å². The van der Waals surface area contributed by atoms with E-state index in [0.717, 1.165) is 29.2 Å². The van der Waals surface area contributed by atoms with E-state index in [1.54, 1.807) is 7.11 Å². The van der Waals surface area contributed by atoms with Crippen LogP contribution in [0.25, 0.3) is 0 Å². The number of hydrogen-bond acceptors (Lipinski definition) is 3. The molecule has 1 aliphatic rings. The number of nitrogens with one attached hydrogen (secondary N) is 1. The molecule has 0 spiro atoms. The van der Waals surface area contributed by atoms with E-state index in [9.17, 15) is 0 Å². The Morgan fingerprint density at radius 1 is 1.47 bits per heavy atom. The summed E-state index contributed by atoms with van der Waals surface area (Å²) in [4.78, 5) is 0. The van der Waals surface area contributed by atoms with E-state index < -0.39 is 0 Å². The summed E-state index contributed by atoms with van der Waals surface area (Å²) < 4.78 is 11.2. The van der Waals surface area contributed by atoms with Crippen LogP contribution >= 0.6 is 11.6 Å². The zero-order chi connectivity index (χ0) is 13.7. The second-order valence-corrected chi connectivity index (χ2v) is 5.07. The highest BCUT2D eigenvalue weighted by Crippen LogP contribution is 2.32. The number of methoxy groups -OCH3 is 1. The SMILES string of the molecule is COc1cccc(CNC2CC2)c1OC/C(C)=C/Cl. The first-order valence-electron chi connectivity index (χ1n) is 6.52. The average Bonchev–Trinajstić information content (AvgIpc) is 3.26. The van der Waals surface area contributed by atoms with Gasteiger partial charge in [-0.2, -0.15) is 0 Å². The lowest BCUT2D eigenvalue weighted by Crippen LogP contribution is -2.16. The van der Waals surface area contributed by atoms with Gasteiger partial charge in [-0.25, -0.2) is 0 Å². The van der Waals surface area contributed by atoms with E-state index in [2.05, 4.69) is 11.4 Å². The average molecular weight is 282 g/mol.